The Bertz CT molecular complexity index is 8.00. The average molecular weight is 385 g/mol. The van der Waals surface area contributed by atoms with Crippen molar-refractivity contribution < 1.29 is 75.4 Å². The Balaban J connectivity index is 0. The van der Waals surface area contributed by atoms with Gasteiger partial charge in [-0.05, 0) is 0 Å². The third-order valence-electron chi connectivity index (χ3n) is 0. The second kappa shape index (κ2) is 18.2. The van der Waals surface area contributed by atoms with Crippen LogP contribution in [-0.4, -0.2) is 0 Å². The fraction of sp³-hybridized carbons (Fsp3) is 0. The van der Waals surface area contributed by atoms with Crippen molar-refractivity contribution in [1.82, 2.24) is 0 Å². The summed E-state index contributed by atoms with van der Waals surface area (Å²) in [6.07, 6.45) is 0. The molecular weight excluding hydrogens is 385 g/mol. The van der Waals surface area contributed by atoms with Crippen LogP contribution in [0.2, 0.25) is 0 Å². The van der Waals surface area contributed by atoms with Crippen LogP contribution in [0.3, 0.4) is 0 Å². The van der Waals surface area contributed by atoms with E-state index >= 15 is 0 Å². The molecule has 0 aliphatic carbocycles. The minimum absolute atomic E-state index is 0. The molecule has 0 atom stereocenters. The molecule has 0 fully saturated rings. The fourth-order valence-corrected chi connectivity index (χ4v) is 0. The van der Waals surface area contributed by atoms with Crippen molar-refractivity contribution in [2.24, 2.45) is 0 Å². The summed E-state index contributed by atoms with van der Waals surface area (Å²) in [5.74, 6) is 0. The molecule has 34 valence electrons. The first-order chi connectivity index (χ1) is 0. The van der Waals surface area contributed by atoms with Crippen molar-refractivity contribution in [2.75, 3.05) is 0 Å². The van der Waals surface area contributed by atoms with E-state index in [9.17, 15) is 0 Å². The van der Waals surface area contributed by atoms with Gasteiger partial charge >= 0.3 is 0 Å². The van der Waals surface area contributed by atoms with Crippen LogP contribution < -0.4 is 0 Å². The molecule has 0 aliphatic rings. The summed E-state index contributed by atoms with van der Waals surface area (Å²) in [5, 5.41) is 0. The SMILES string of the molecule is [Au].[Cu].[Ni].[Zn]. The topological polar surface area (TPSA) is 0 Å². The van der Waals surface area contributed by atoms with E-state index < -0.39 is 0 Å². The molecule has 4 heteroatoms. The molecular formula is AuCuNiZn. The average Bonchev–Trinajstić information content (AvgIpc) is 0. The van der Waals surface area contributed by atoms with Crippen molar-refractivity contribution in [3.05, 3.63) is 0 Å². The summed E-state index contributed by atoms with van der Waals surface area (Å²) in [7, 11) is 0. The van der Waals surface area contributed by atoms with Gasteiger partial charge in [-0.2, -0.15) is 0 Å². The maximum atomic E-state index is 0. The van der Waals surface area contributed by atoms with Gasteiger partial charge in [0.15, 0.2) is 0 Å². The van der Waals surface area contributed by atoms with Crippen LogP contribution in [-0.2, 0) is 75.4 Å². The Morgan fingerprint density at radius 3 is 1.00 bits per heavy atom. The Morgan fingerprint density at radius 2 is 1.00 bits per heavy atom. The molecule has 0 saturated heterocycles. The molecule has 0 rings (SSSR count). The van der Waals surface area contributed by atoms with Crippen LogP contribution in [0.25, 0.3) is 0 Å². The minimum atomic E-state index is 0. The maximum absolute atomic E-state index is 0. The van der Waals surface area contributed by atoms with E-state index in [4.69, 9.17) is 0 Å². The van der Waals surface area contributed by atoms with Crippen LogP contribution in [0.1, 0.15) is 0 Å². The molecule has 0 heterocycles. The first-order valence-electron chi connectivity index (χ1n) is 0. The zero-order valence-electron chi connectivity index (χ0n) is 1.63. The van der Waals surface area contributed by atoms with E-state index in [1.54, 1.807) is 0 Å². The van der Waals surface area contributed by atoms with Crippen molar-refractivity contribution in [3.8, 4) is 0 Å². The van der Waals surface area contributed by atoms with E-state index in [2.05, 4.69) is 0 Å². The van der Waals surface area contributed by atoms with E-state index in [1.165, 1.54) is 0 Å². The van der Waals surface area contributed by atoms with Crippen LogP contribution in [0.15, 0.2) is 0 Å². The Morgan fingerprint density at radius 1 is 1.00 bits per heavy atom. The molecule has 0 aliphatic heterocycles. The zero-order chi connectivity index (χ0) is 0. The first-order valence-corrected chi connectivity index (χ1v) is 0. The summed E-state index contributed by atoms with van der Waals surface area (Å²) in [6.45, 7) is 0. The second-order valence-corrected chi connectivity index (χ2v) is 0. The van der Waals surface area contributed by atoms with E-state index in [0.717, 1.165) is 0 Å². The number of rotatable bonds is 0. The molecule has 0 N–H and O–H groups in total. The predicted octanol–water partition coefficient (Wildman–Crippen LogP) is -0.0100. The summed E-state index contributed by atoms with van der Waals surface area (Å²) in [6, 6.07) is 0. The van der Waals surface area contributed by atoms with Gasteiger partial charge in [0, 0.05) is 75.4 Å². The Hall–Kier alpha value is 2.38. The minimum Gasteiger partial charge on any atom is 0 e. The first kappa shape index (κ1) is 32.6. The predicted molar refractivity (Wildman–Crippen MR) is 0 cm³/mol. The largest absolute Gasteiger partial charge is 0 e. The maximum Gasteiger partial charge on any atom is 0 e. The molecule has 0 bridgehead atoms. The molecule has 0 spiro atoms. The number of hydrogen-bond donors (Lipinski definition) is 0. The van der Waals surface area contributed by atoms with Crippen LogP contribution in [0, 0.1) is 0 Å². The number of hydrogen-bond acceptors (Lipinski definition) is 0. The van der Waals surface area contributed by atoms with Gasteiger partial charge in [-0.15, -0.1) is 0 Å². The van der Waals surface area contributed by atoms with Gasteiger partial charge in [0.05, 0.1) is 0 Å². The van der Waals surface area contributed by atoms with Gasteiger partial charge in [0.25, 0.3) is 0 Å². The van der Waals surface area contributed by atoms with Crippen molar-refractivity contribution in [3.63, 3.8) is 0 Å². The summed E-state index contributed by atoms with van der Waals surface area (Å²) < 4.78 is 0. The van der Waals surface area contributed by atoms with E-state index in [1.807, 2.05) is 0 Å². The summed E-state index contributed by atoms with van der Waals surface area (Å²) in [5.41, 5.74) is 0. The smallest absolute Gasteiger partial charge is 0 e. The molecule has 0 nitrogen and oxygen atoms in total. The summed E-state index contributed by atoms with van der Waals surface area (Å²) in [4.78, 5) is 0. The quantitative estimate of drug-likeness (QED) is 0.516. The second-order valence-electron chi connectivity index (χ2n) is 0. The normalized spacial score (nSPS) is 0. The van der Waals surface area contributed by atoms with Crippen molar-refractivity contribution in [1.29, 1.82) is 0 Å². The monoisotopic (exact) mass is 382 g/mol. The molecule has 0 saturated carbocycles. The van der Waals surface area contributed by atoms with Crippen molar-refractivity contribution >= 4 is 0 Å². The van der Waals surface area contributed by atoms with Gasteiger partial charge < -0.3 is 0 Å². The molecule has 0 aromatic heterocycles. The molecule has 0 unspecified atom stereocenters. The van der Waals surface area contributed by atoms with Crippen molar-refractivity contribution in [2.45, 2.75) is 0 Å². The van der Waals surface area contributed by atoms with E-state index in [-0.39, 0.29) is 75.4 Å². The van der Waals surface area contributed by atoms with Crippen LogP contribution in [0.4, 0.5) is 0 Å². The van der Waals surface area contributed by atoms with Gasteiger partial charge in [0.1, 0.15) is 0 Å². The Kier molecular flexibility index (Phi) is 149. The third-order valence-corrected chi connectivity index (χ3v) is 0. The van der Waals surface area contributed by atoms with Gasteiger partial charge in [0.2, 0.25) is 0 Å². The fourth-order valence-electron chi connectivity index (χ4n) is 0. The zero-order valence-corrected chi connectivity index (χ0v) is 8.69. The summed E-state index contributed by atoms with van der Waals surface area (Å²) >= 11 is 0. The standard InChI is InChI=1S/Au.Cu.Ni.Zn. The molecule has 4 heavy (non-hydrogen) atoms. The van der Waals surface area contributed by atoms with Gasteiger partial charge in [-0.3, -0.25) is 0 Å². The van der Waals surface area contributed by atoms with Crippen LogP contribution >= 0.6 is 0 Å². The molecule has 0 aromatic rings. The van der Waals surface area contributed by atoms with Crippen LogP contribution in [0.5, 0.6) is 0 Å². The van der Waals surface area contributed by atoms with Gasteiger partial charge in [-0.25, -0.2) is 0 Å². The Labute approximate surface area is 74.5 Å². The third kappa shape index (κ3) is 8.83. The van der Waals surface area contributed by atoms with Gasteiger partial charge in [-0.1, -0.05) is 0 Å². The molecule has 0 aromatic carbocycles. The molecule has 0 amide bonds. The molecule has 2 radical (unpaired) electrons. The van der Waals surface area contributed by atoms with E-state index in [0.29, 0.717) is 0 Å².